The molecule has 1 aliphatic carbocycles. The van der Waals surface area contributed by atoms with Gasteiger partial charge in [0.2, 0.25) is 5.95 Å². The molecule has 2 atom stereocenters. The lowest BCUT2D eigenvalue weighted by atomic mass is 10.0. The second kappa shape index (κ2) is 8.81. The third-order valence-electron chi connectivity index (χ3n) is 7.36. The summed E-state index contributed by atoms with van der Waals surface area (Å²) in [6.45, 7) is 11.9. The molecule has 184 valence electrons. The molecule has 1 saturated carbocycles. The quantitative estimate of drug-likeness (QED) is 0.341. The number of carbonyl (C=O) groups excluding carboxylic acids is 1. The van der Waals surface area contributed by atoms with Crippen LogP contribution in [-0.4, -0.2) is 48.2 Å². The maximum Gasteiger partial charge on any atom is 0.261 e. The van der Waals surface area contributed by atoms with Gasteiger partial charge in [-0.1, -0.05) is 26.6 Å². The van der Waals surface area contributed by atoms with E-state index in [1.165, 1.54) is 18.9 Å². The van der Waals surface area contributed by atoms with Crippen LogP contribution in [0, 0.1) is 22.7 Å². The number of hydrogen-bond acceptors (Lipinski definition) is 7. The standard InChI is InChI=1S/C25H32N6O3Si/c1-5-25-10-19(25)13-30(15-25)21-20-18(11-26)12-31(16-34-8-9-35(2,3)4)22(20)28-24(27-21)29-23(32)17-6-7-33-14-17/h6-7,12,14,19H,5,8-10,13,15-16H2,1-4H3,(H,27,28,29,32). The van der Waals surface area contributed by atoms with Gasteiger partial charge < -0.3 is 18.6 Å². The van der Waals surface area contributed by atoms with Crippen LogP contribution in [0.15, 0.2) is 29.2 Å². The van der Waals surface area contributed by atoms with Crippen molar-refractivity contribution in [2.45, 2.75) is 52.2 Å². The topological polar surface area (TPSA) is 109 Å². The molecule has 10 heteroatoms. The Morgan fingerprint density at radius 1 is 1.40 bits per heavy atom. The lowest BCUT2D eigenvalue weighted by Gasteiger charge is -2.23. The van der Waals surface area contributed by atoms with E-state index in [4.69, 9.17) is 14.1 Å². The van der Waals surface area contributed by atoms with E-state index in [-0.39, 0.29) is 18.6 Å². The van der Waals surface area contributed by atoms with Crippen LogP contribution in [0.2, 0.25) is 25.7 Å². The Kier molecular flexibility index (Phi) is 5.93. The van der Waals surface area contributed by atoms with Gasteiger partial charge in [-0.15, -0.1) is 0 Å². The maximum absolute atomic E-state index is 12.7. The summed E-state index contributed by atoms with van der Waals surface area (Å²) in [5, 5.41) is 13.5. The van der Waals surface area contributed by atoms with Crippen LogP contribution in [0.25, 0.3) is 11.0 Å². The lowest BCUT2D eigenvalue weighted by molar-refractivity contribution is 0.0898. The molecule has 4 heterocycles. The minimum atomic E-state index is -1.22. The zero-order valence-corrected chi connectivity index (χ0v) is 21.8. The number of rotatable bonds is 9. The average Bonchev–Trinajstić information content (AvgIpc) is 3.24. The van der Waals surface area contributed by atoms with Gasteiger partial charge in [-0.3, -0.25) is 10.1 Å². The Balaban J connectivity index is 1.51. The first-order valence-electron chi connectivity index (χ1n) is 12.2. The van der Waals surface area contributed by atoms with Crippen LogP contribution in [0.3, 0.4) is 0 Å². The molecule has 9 nitrogen and oxygen atoms in total. The smallest absolute Gasteiger partial charge is 0.261 e. The van der Waals surface area contributed by atoms with E-state index in [1.807, 2.05) is 4.57 Å². The van der Waals surface area contributed by atoms with Gasteiger partial charge in [-0.25, -0.2) is 0 Å². The second-order valence-electron chi connectivity index (χ2n) is 11.0. The normalized spacial score (nSPS) is 21.2. The fraction of sp³-hybridized carbons (Fsp3) is 0.520. The lowest BCUT2D eigenvalue weighted by Crippen LogP contribution is -2.26. The Labute approximate surface area is 206 Å². The predicted octanol–water partition coefficient (Wildman–Crippen LogP) is 4.70. The zero-order valence-electron chi connectivity index (χ0n) is 20.8. The SMILES string of the molecule is CCC12CC1CN(c1nc(NC(=O)c3ccoc3)nc3c1c(C#N)cn3COCC[Si](C)(C)C)C2. The van der Waals surface area contributed by atoms with Crippen LogP contribution in [0.1, 0.15) is 35.7 Å². The van der Waals surface area contributed by atoms with Gasteiger partial charge in [-0.2, -0.15) is 15.2 Å². The van der Waals surface area contributed by atoms with Crippen molar-refractivity contribution in [3.8, 4) is 6.07 Å². The van der Waals surface area contributed by atoms with Gasteiger partial charge in [0.05, 0.1) is 22.8 Å². The molecule has 3 aromatic rings. The fourth-order valence-corrected chi connectivity index (χ4v) is 5.80. The third-order valence-corrected chi connectivity index (χ3v) is 9.07. The summed E-state index contributed by atoms with van der Waals surface area (Å²) >= 11 is 0. The Morgan fingerprint density at radius 2 is 2.23 bits per heavy atom. The molecule has 5 rings (SSSR count). The van der Waals surface area contributed by atoms with Crippen LogP contribution in [0.5, 0.6) is 0 Å². The fourth-order valence-electron chi connectivity index (χ4n) is 5.04. The molecule has 0 aromatic carbocycles. The second-order valence-corrected chi connectivity index (χ2v) is 16.6. The molecule has 1 N–H and O–H groups in total. The molecular formula is C25H32N6O3Si. The van der Waals surface area contributed by atoms with E-state index in [0.29, 0.717) is 40.5 Å². The molecule has 1 amide bonds. The van der Waals surface area contributed by atoms with Gasteiger partial charge in [0, 0.05) is 34.0 Å². The molecule has 3 aromatic heterocycles. The molecule has 2 fully saturated rings. The van der Waals surface area contributed by atoms with E-state index in [9.17, 15) is 10.1 Å². The number of furan rings is 1. The molecule has 2 unspecified atom stereocenters. The summed E-state index contributed by atoms with van der Waals surface area (Å²) < 4.78 is 12.9. The van der Waals surface area contributed by atoms with Crippen molar-refractivity contribution in [2.24, 2.45) is 11.3 Å². The first-order chi connectivity index (χ1) is 16.7. The third kappa shape index (κ3) is 4.58. The number of hydrogen-bond donors (Lipinski definition) is 1. The first kappa shape index (κ1) is 23.6. The van der Waals surface area contributed by atoms with Crippen molar-refractivity contribution < 1.29 is 13.9 Å². The van der Waals surface area contributed by atoms with Gasteiger partial charge in [0.25, 0.3) is 5.91 Å². The summed E-state index contributed by atoms with van der Waals surface area (Å²) in [5.74, 6) is 1.22. The average molecular weight is 493 g/mol. The van der Waals surface area contributed by atoms with Gasteiger partial charge in [0.1, 0.15) is 24.9 Å². The largest absolute Gasteiger partial charge is 0.472 e. The number of anilines is 2. The molecule has 0 spiro atoms. The van der Waals surface area contributed by atoms with E-state index in [0.717, 1.165) is 30.9 Å². The minimum absolute atomic E-state index is 0.204. The molecule has 0 bridgehead atoms. The Hall–Kier alpha value is -3.16. The van der Waals surface area contributed by atoms with Crippen molar-refractivity contribution in [2.75, 3.05) is 29.9 Å². The van der Waals surface area contributed by atoms with Gasteiger partial charge >= 0.3 is 0 Å². The summed E-state index contributed by atoms with van der Waals surface area (Å²) in [4.78, 5) is 24.4. The highest BCUT2D eigenvalue weighted by Gasteiger charge is 2.58. The monoisotopic (exact) mass is 492 g/mol. The van der Waals surface area contributed by atoms with Crippen LogP contribution in [-0.2, 0) is 11.5 Å². The Morgan fingerprint density at radius 3 is 2.89 bits per heavy atom. The number of ether oxygens (including phenoxy) is 1. The number of carbonyl (C=O) groups is 1. The van der Waals surface area contributed by atoms with E-state index >= 15 is 0 Å². The van der Waals surface area contributed by atoms with E-state index in [1.54, 1.807) is 12.3 Å². The first-order valence-corrected chi connectivity index (χ1v) is 15.9. The number of amides is 1. The molecule has 0 radical (unpaired) electrons. The van der Waals surface area contributed by atoms with Crippen LogP contribution in [0.4, 0.5) is 11.8 Å². The van der Waals surface area contributed by atoms with E-state index < -0.39 is 8.07 Å². The van der Waals surface area contributed by atoms with E-state index in [2.05, 4.69) is 47.8 Å². The highest BCUT2D eigenvalue weighted by atomic mass is 28.3. The summed E-state index contributed by atoms with van der Waals surface area (Å²) in [7, 11) is -1.22. The van der Waals surface area contributed by atoms with Gasteiger partial charge in [-0.05, 0) is 36.3 Å². The number of nitrogens with one attached hydrogen (secondary N) is 1. The van der Waals surface area contributed by atoms with Crippen molar-refractivity contribution in [3.05, 3.63) is 35.9 Å². The van der Waals surface area contributed by atoms with Crippen LogP contribution < -0.4 is 10.2 Å². The summed E-state index contributed by atoms with van der Waals surface area (Å²) in [6.07, 6.45) is 6.99. The van der Waals surface area contributed by atoms with Crippen molar-refractivity contribution in [1.82, 2.24) is 14.5 Å². The number of piperidine rings is 1. The number of nitriles is 1. The molecule has 2 aliphatic rings. The molecule has 1 aliphatic heterocycles. The minimum Gasteiger partial charge on any atom is -0.472 e. The van der Waals surface area contributed by atoms with Crippen molar-refractivity contribution in [1.29, 1.82) is 5.26 Å². The molecule has 1 saturated heterocycles. The summed E-state index contributed by atoms with van der Waals surface area (Å²) in [6, 6.07) is 4.97. The zero-order chi connectivity index (χ0) is 24.8. The number of nitrogens with zero attached hydrogens (tertiary/aromatic N) is 5. The number of fused-ring (bicyclic) bond motifs is 2. The van der Waals surface area contributed by atoms with Crippen molar-refractivity contribution >= 4 is 36.8 Å². The predicted molar refractivity (Wildman–Crippen MR) is 136 cm³/mol. The molecule has 35 heavy (non-hydrogen) atoms. The maximum atomic E-state index is 12.7. The number of aromatic nitrogens is 3. The Bertz CT molecular complexity index is 1290. The van der Waals surface area contributed by atoms with Gasteiger partial charge in [0.15, 0.2) is 5.65 Å². The highest BCUT2D eigenvalue weighted by molar-refractivity contribution is 6.76. The highest BCUT2D eigenvalue weighted by Crippen LogP contribution is 2.60. The van der Waals surface area contributed by atoms with Crippen molar-refractivity contribution in [3.63, 3.8) is 0 Å². The summed E-state index contributed by atoms with van der Waals surface area (Å²) in [5.41, 5.74) is 1.84. The van der Waals surface area contributed by atoms with Crippen LogP contribution >= 0.6 is 0 Å². The molecular weight excluding hydrogens is 460 g/mol.